The molecule has 0 spiro atoms. The van der Waals surface area contributed by atoms with E-state index in [2.05, 4.69) is 4.90 Å². The van der Waals surface area contributed by atoms with Gasteiger partial charge in [0.15, 0.2) is 5.78 Å². The fraction of sp³-hybridized carbons (Fsp3) is 0.316. The Labute approximate surface area is 130 Å². The standard InChI is InChI=1S/C19H20FNO/c1-21-13-11-19(12-14-21,16-9-5-6-10-17(16)20)18(22)15-7-3-2-4-8-15/h2-10H,11-14H2,1H3. The number of halogens is 1. The molecule has 0 aliphatic carbocycles. The molecule has 3 heteroatoms. The molecule has 0 unspecified atom stereocenters. The zero-order valence-electron chi connectivity index (χ0n) is 12.8. The van der Waals surface area contributed by atoms with Gasteiger partial charge in [-0.15, -0.1) is 0 Å². The van der Waals surface area contributed by atoms with E-state index in [1.807, 2.05) is 43.4 Å². The van der Waals surface area contributed by atoms with Crippen molar-refractivity contribution in [2.45, 2.75) is 18.3 Å². The first kappa shape index (κ1) is 14.9. The van der Waals surface area contributed by atoms with Crippen molar-refractivity contribution in [3.8, 4) is 0 Å². The molecule has 2 aromatic rings. The molecule has 0 saturated carbocycles. The average molecular weight is 297 g/mol. The quantitative estimate of drug-likeness (QED) is 0.806. The zero-order chi connectivity index (χ0) is 15.6. The fourth-order valence-electron chi connectivity index (χ4n) is 3.33. The molecule has 1 aliphatic heterocycles. The first-order chi connectivity index (χ1) is 10.6. The highest BCUT2D eigenvalue weighted by Crippen LogP contribution is 2.39. The van der Waals surface area contributed by atoms with Gasteiger partial charge in [0.2, 0.25) is 0 Å². The molecule has 114 valence electrons. The molecule has 0 bridgehead atoms. The second kappa shape index (κ2) is 6.01. The van der Waals surface area contributed by atoms with Crippen molar-refractivity contribution in [2.24, 2.45) is 0 Å². The topological polar surface area (TPSA) is 20.3 Å². The van der Waals surface area contributed by atoms with Crippen molar-refractivity contribution in [3.05, 3.63) is 71.5 Å². The predicted octanol–water partition coefficient (Wildman–Crippen LogP) is 3.67. The first-order valence-corrected chi connectivity index (χ1v) is 7.67. The van der Waals surface area contributed by atoms with Gasteiger partial charge in [0.1, 0.15) is 5.82 Å². The summed E-state index contributed by atoms with van der Waals surface area (Å²) in [6.07, 6.45) is 1.30. The van der Waals surface area contributed by atoms with E-state index >= 15 is 0 Å². The molecule has 1 fully saturated rings. The summed E-state index contributed by atoms with van der Waals surface area (Å²) in [6, 6.07) is 16.0. The van der Waals surface area contributed by atoms with Gasteiger partial charge in [-0.2, -0.15) is 0 Å². The van der Waals surface area contributed by atoms with E-state index in [1.165, 1.54) is 6.07 Å². The number of likely N-dealkylation sites (tertiary alicyclic amines) is 1. The number of hydrogen-bond donors (Lipinski definition) is 0. The van der Waals surface area contributed by atoms with Gasteiger partial charge in [-0.1, -0.05) is 48.5 Å². The van der Waals surface area contributed by atoms with Crippen LogP contribution in [0.25, 0.3) is 0 Å². The molecule has 2 nitrogen and oxygen atoms in total. The summed E-state index contributed by atoms with van der Waals surface area (Å²) in [5, 5.41) is 0. The summed E-state index contributed by atoms with van der Waals surface area (Å²) in [4.78, 5) is 15.4. The number of Topliss-reactive ketones (excluding diaryl/α,β-unsaturated/α-hetero) is 1. The second-order valence-corrected chi connectivity index (χ2v) is 6.06. The van der Waals surface area contributed by atoms with Crippen LogP contribution < -0.4 is 0 Å². The minimum atomic E-state index is -0.751. The molecule has 0 aromatic heterocycles. The van der Waals surface area contributed by atoms with Gasteiger partial charge in [-0.05, 0) is 39.0 Å². The van der Waals surface area contributed by atoms with E-state index in [4.69, 9.17) is 0 Å². The van der Waals surface area contributed by atoms with Gasteiger partial charge in [0, 0.05) is 11.1 Å². The minimum Gasteiger partial charge on any atom is -0.306 e. The maximum atomic E-state index is 14.4. The zero-order valence-corrected chi connectivity index (χ0v) is 12.8. The second-order valence-electron chi connectivity index (χ2n) is 6.06. The van der Waals surface area contributed by atoms with E-state index < -0.39 is 5.41 Å². The first-order valence-electron chi connectivity index (χ1n) is 7.67. The fourth-order valence-corrected chi connectivity index (χ4v) is 3.33. The Kier molecular flexibility index (Phi) is 4.08. The third kappa shape index (κ3) is 2.57. The van der Waals surface area contributed by atoms with Gasteiger partial charge in [0.25, 0.3) is 0 Å². The molecular formula is C19H20FNO. The summed E-state index contributed by atoms with van der Waals surface area (Å²) < 4.78 is 14.4. The summed E-state index contributed by atoms with van der Waals surface area (Å²) in [5.41, 5.74) is 0.450. The highest BCUT2D eigenvalue weighted by Gasteiger charge is 2.43. The van der Waals surface area contributed by atoms with E-state index in [0.29, 0.717) is 24.0 Å². The Balaban J connectivity index is 2.08. The van der Waals surface area contributed by atoms with Crippen LogP contribution in [-0.2, 0) is 5.41 Å². The lowest BCUT2D eigenvalue weighted by molar-refractivity contribution is 0.0787. The van der Waals surface area contributed by atoms with E-state index in [1.54, 1.807) is 12.1 Å². The van der Waals surface area contributed by atoms with Gasteiger partial charge in [-0.25, -0.2) is 4.39 Å². The number of carbonyl (C=O) groups is 1. The van der Waals surface area contributed by atoms with Crippen LogP contribution in [0.2, 0.25) is 0 Å². The molecule has 1 heterocycles. The summed E-state index contributed by atoms with van der Waals surface area (Å²) >= 11 is 0. The van der Waals surface area contributed by atoms with Crippen LogP contribution in [0.1, 0.15) is 28.8 Å². The lowest BCUT2D eigenvalue weighted by Gasteiger charge is -2.40. The molecule has 1 aliphatic rings. The average Bonchev–Trinajstić information content (AvgIpc) is 2.57. The van der Waals surface area contributed by atoms with Crippen LogP contribution >= 0.6 is 0 Å². The Hall–Kier alpha value is -2.00. The van der Waals surface area contributed by atoms with Crippen molar-refractivity contribution < 1.29 is 9.18 Å². The molecular weight excluding hydrogens is 277 g/mol. The highest BCUT2D eigenvalue weighted by atomic mass is 19.1. The number of hydrogen-bond acceptors (Lipinski definition) is 2. The number of carbonyl (C=O) groups excluding carboxylic acids is 1. The van der Waals surface area contributed by atoms with Crippen molar-refractivity contribution in [2.75, 3.05) is 20.1 Å². The number of benzene rings is 2. The number of piperidine rings is 1. The van der Waals surface area contributed by atoms with Gasteiger partial charge in [0.05, 0.1) is 5.41 Å². The van der Waals surface area contributed by atoms with Gasteiger partial charge < -0.3 is 4.90 Å². The predicted molar refractivity (Wildman–Crippen MR) is 85.6 cm³/mol. The van der Waals surface area contributed by atoms with Crippen molar-refractivity contribution in [1.29, 1.82) is 0 Å². The summed E-state index contributed by atoms with van der Waals surface area (Å²) in [5.74, 6) is -0.248. The third-order valence-electron chi connectivity index (χ3n) is 4.70. The van der Waals surface area contributed by atoms with Gasteiger partial charge in [-0.3, -0.25) is 4.79 Å². The molecule has 22 heavy (non-hydrogen) atoms. The van der Waals surface area contributed by atoms with Crippen LogP contribution in [0.4, 0.5) is 4.39 Å². The Morgan fingerprint density at radius 3 is 2.23 bits per heavy atom. The normalized spacial score (nSPS) is 18.1. The van der Waals surface area contributed by atoms with Crippen LogP contribution in [0, 0.1) is 5.82 Å². The van der Waals surface area contributed by atoms with Crippen molar-refractivity contribution in [3.63, 3.8) is 0 Å². The van der Waals surface area contributed by atoms with E-state index in [9.17, 15) is 9.18 Å². The van der Waals surface area contributed by atoms with Crippen LogP contribution in [0.5, 0.6) is 0 Å². The Bertz CT molecular complexity index is 660. The van der Waals surface area contributed by atoms with Crippen LogP contribution in [-0.4, -0.2) is 30.8 Å². The maximum absolute atomic E-state index is 14.4. The molecule has 2 aromatic carbocycles. The summed E-state index contributed by atoms with van der Waals surface area (Å²) in [6.45, 7) is 1.60. The lowest BCUT2D eigenvalue weighted by Crippen LogP contribution is -2.46. The number of nitrogens with zero attached hydrogens (tertiary/aromatic N) is 1. The molecule has 0 radical (unpaired) electrons. The molecule has 0 N–H and O–H groups in total. The third-order valence-corrected chi connectivity index (χ3v) is 4.70. The minimum absolute atomic E-state index is 0.0336. The Morgan fingerprint density at radius 1 is 1.00 bits per heavy atom. The smallest absolute Gasteiger partial charge is 0.173 e. The van der Waals surface area contributed by atoms with E-state index in [0.717, 1.165) is 13.1 Å². The van der Waals surface area contributed by atoms with Crippen LogP contribution in [0.15, 0.2) is 54.6 Å². The number of ketones is 1. The molecule has 0 atom stereocenters. The molecule has 1 saturated heterocycles. The lowest BCUT2D eigenvalue weighted by atomic mass is 9.68. The monoisotopic (exact) mass is 297 g/mol. The summed E-state index contributed by atoms with van der Waals surface area (Å²) in [7, 11) is 2.04. The highest BCUT2D eigenvalue weighted by molar-refractivity contribution is 6.04. The van der Waals surface area contributed by atoms with E-state index in [-0.39, 0.29) is 11.6 Å². The molecule has 3 rings (SSSR count). The largest absolute Gasteiger partial charge is 0.306 e. The SMILES string of the molecule is CN1CCC(C(=O)c2ccccc2)(c2ccccc2F)CC1. The van der Waals surface area contributed by atoms with Crippen molar-refractivity contribution >= 4 is 5.78 Å². The van der Waals surface area contributed by atoms with Crippen LogP contribution in [0.3, 0.4) is 0 Å². The number of rotatable bonds is 3. The maximum Gasteiger partial charge on any atom is 0.173 e. The Morgan fingerprint density at radius 2 is 1.59 bits per heavy atom. The molecule has 0 amide bonds. The van der Waals surface area contributed by atoms with Crippen molar-refractivity contribution in [1.82, 2.24) is 4.90 Å². The van der Waals surface area contributed by atoms with Gasteiger partial charge >= 0.3 is 0 Å².